The lowest BCUT2D eigenvalue weighted by molar-refractivity contribution is -0.136. The third kappa shape index (κ3) is 4.08. The van der Waals surface area contributed by atoms with E-state index in [-0.39, 0.29) is 17.1 Å². The largest absolute Gasteiger partial charge is 0.494 e. The van der Waals surface area contributed by atoms with Gasteiger partial charge in [-0.2, -0.15) is 0 Å². The Bertz CT molecular complexity index is 802. The normalized spacial score (nSPS) is 18.6. The summed E-state index contributed by atoms with van der Waals surface area (Å²) in [5, 5.41) is 0. The molecule has 1 saturated heterocycles. The van der Waals surface area contributed by atoms with E-state index < -0.39 is 13.2 Å². The van der Waals surface area contributed by atoms with Crippen LogP contribution in [0.4, 0.5) is 0 Å². The summed E-state index contributed by atoms with van der Waals surface area (Å²) in [7, 11) is 3.03. The van der Waals surface area contributed by atoms with Crippen LogP contribution in [0.1, 0.15) is 39.4 Å². The minimum absolute atomic E-state index is 0.110. The Labute approximate surface area is 167 Å². The molecular formula is C22H28BNO4. The molecular weight excluding hydrogens is 353 g/mol. The number of amides is 1. The van der Waals surface area contributed by atoms with Gasteiger partial charge in [-0.1, -0.05) is 42.5 Å². The highest BCUT2D eigenvalue weighted by Crippen LogP contribution is 2.36. The van der Waals surface area contributed by atoms with Gasteiger partial charge in [-0.15, -0.1) is 0 Å². The summed E-state index contributed by atoms with van der Waals surface area (Å²) in [6, 6.07) is 17.0. The van der Waals surface area contributed by atoms with E-state index in [1.54, 1.807) is 14.1 Å². The van der Waals surface area contributed by atoms with Gasteiger partial charge in [-0.05, 0) is 45.3 Å². The van der Waals surface area contributed by atoms with Crippen molar-refractivity contribution in [1.82, 2.24) is 4.90 Å². The van der Waals surface area contributed by atoms with Crippen molar-refractivity contribution < 1.29 is 18.8 Å². The average molecular weight is 381 g/mol. The van der Waals surface area contributed by atoms with Crippen LogP contribution in [0.15, 0.2) is 54.6 Å². The summed E-state index contributed by atoms with van der Waals surface area (Å²) in [5.41, 5.74) is 0.963. The van der Waals surface area contributed by atoms with E-state index in [1.807, 2.05) is 82.3 Å². The second kappa shape index (κ2) is 7.61. The lowest BCUT2D eigenvalue weighted by Crippen LogP contribution is -2.41. The minimum atomic E-state index is -0.695. The Morgan fingerprint density at radius 2 is 1.46 bits per heavy atom. The highest BCUT2D eigenvalue weighted by Gasteiger charge is 2.51. The van der Waals surface area contributed by atoms with Gasteiger partial charge >= 0.3 is 7.12 Å². The SMILES string of the molecule is CN(C)C(=O)C(Oc1ccc(B2OC(C)(C)C(C)(C)O2)cc1)c1ccccc1. The molecule has 148 valence electrons. The van der Waals surface area contributed by atoms with Crippen LogP contribution in [0.2, 0.25) is 0 Å². The van der Waals surface area contributed by atoms with Crippen LogP contribution in [-0.4, -0.2) is 43.2 Å². The molecule has 1 heterocycles. The number of benzene rings is 2. The lowest BCUT2D eigenvalue weighted by Gasteiger charge is -2.32. The smallest absolute Gasteiger partial charge is 0.476 e. The van der Waals surface area contributed by atoms with Crippen molar-refractivity contribution in [1.29, 1.82) is 0 Å². The van der Waals surface area contributed by atoms with Gasteiger partial charge in [-0.3, -0.25) is 4.79 Å². The van der Waals surface area contributed by atoms with Crippen molar-refractivity contribution in [2.75, 3.05) is 14.1 Å². The first-order chi connectivity index (χ1) is 13.1. The molecule has 3 rings (SSSR count). The molecule has 1 atom stereocenters. The maximum Gasteiger partial charge on any atom is 0.494 e. The molecule has 1 amide bonds. The van der Waals surface area contributed by atoms with Crippen LogP contribution in [0.25, 0.3) is 0 Å². The zero-order valence-corrected chi connectivity index (χ0v) is 17.4. The van der Waals surface area contributed by atoms with Crippen LogP contribution in [0, 0.1) is 0 Å². The Hall–Kier alpha value is -2.31. The van der Waals surface area contributed by atoms with E-state index in [0.29, 0.717) is 5.75 Å². The summed E-state index contributed by atoms with van der Waals surface area (Å²) < 4.78 is 18.2. The summed E-state index contributed by atoms with van der Waals surface area (Å²) in [6.45, 7) is 8.12. The first-order valence-electron chi connectivity index (χ1n) is 9.49. The lowest BCUT2D eigenvalue weighted by atomic mass is 9.79. The zero-order chi connectivity index (χ0) is 20.5. The second-order valence-electron chi connectivity index (χ2n) is 8.30. The van der Waals surface area contributed by atoms with Crippen LogP contribution in [0.5, 0.6) is 5.75 Å². The fraction of sp³-hybridized carbons (Fsp3) is 0.409. The van der Waals surface area contributed by atoms with Gasteiger partial charge in [0.1, 0.15) is 5.75 Å². The van der Waals surface area contributed by atoms with Crippen LogP contribution < -0.4 is 10.2 Å². The van der Waals surface area contributed by atoms with Crippen LogP contribution in [-0.2, 0) is 14.1 Å². The molecule has 28 heavy (non-hydrogen) atoms. The fourth-order valence-corrected chi connectivity index (χ4v) is 2.94. The Morgan fingerprint density at radius 1 is 0.929 bits per heavy atom. The van der Waals surface area contributed by atoms with E-state index in [4.69, 9.17) is 14.0 Å². The summed E-state index contributed by atoms with van der Waals surface area (Å²) in [6.07, 6.45) is -0.695. The third-order valence-corrected chi connectivity index (χ3v) is 5.43. The predicted molar refractivity (Wildman–Crippen MR) is 111 cm³/mol. The highest BCUT2D eigenvalue weighted by molar-refractivity contribution is 6.62. The number of carbonyl (C=O) groups excluding carboxylic acids is 1. The summed E-state index contributed by atoms with van der Waals surface area (Å²) in [5.74, 6) is 0.505. The number of carbonyl (C=O) groups is 1. The average Bonchev–Trinajstić information content (AvgIpc) is 2.87. The maximum atomic E-state index is 12.6. The number of rotatable bonds is 5. The summed E-state index contributed by atoms with van der Waals surface area (Å²) in [4.78, 5) is 14.2. The molecule has 0 aromatic heterocycles. The van der Waals surface area contributed by atoms with Crippen LogP contribution >= 0.6 is 0 Å². The predicted octanol–water partition coefficient (Wildman–Crippen LogP) is 3.19. The van der Waals surface area contributed by atoms with Crippen molar-refractivity contribution >= 4 is 18.5 Å². The van der Waals surface area contributed by atoms with Gasteiger partial charge in [0.2, 0.25) is 6.10 Å². The van der Waals surface area contributed by atoms with E-state index in [9.17, 15) is 4.79 Å². The maximum absolute atomic E-state index is 12.6. The molecule has 0 N–H and O–H groups in total. The first kappa shape index (κ1) is 20.4. The van der Waals surface area contributed by atoms with Gasteiger partial charge in [0.25, 0.3) is 5.91 Å². The van der Waals surface area contributed by atoms with Crippen molar-refractivity contribution in [2.45, 2.75) is 45.0 Å². The molecule has 0 aliphatic carbocycles. The van der Waals surface area contributed by atoms with Gasteiger partial charge in [0.05, 0.1) is 11.2 Å². The monoisotopic (exact) mass is 381 g/mol. The molecule has 2 aromatic rings. The summed E-state index contributed by atoms with van der Waals surface area (Å²) >= 11 is 0. The van der Waals surface area contributed by atoms with Gasteiger partial charge in [0.15, 0.2) is 0 Å². The Morgan fingerprint density at radius 3 is 1.96 bits per heavy atom. The van der Waals surface area contributed by atoms with Crippen molar-refractivity contribution in [3.05, 3.63) is 60.2 Å². The van der Waals surface area contributed by atoms with E-state index >= 15 is 0 Å². The Balaban J connectivity index is 1.78. The molecule has 0 saturated carbocycles. The van der Waals surface area contributed by atoms with E-state index in [2.05, 4.69) is 0 Å². The molecule has 2 aromatic carbocycles. The van der Waals surface area contributed by atoms with Gasteiger partial charge in [0, 0.05) is 19.7 Å². The zero-order valence-electron chi connectivity index (χ0n) is 17.4. The fourth-order valence-electron chi connectivity index (χ4n) is 2.94. The van der Waals surface area contributed by atoms with Crippen molar-refractivity contribution in [3.8, 4) is 5.75 Å². The van der Waals surface area contributed by atoms with Gasteiger partial charge < -0.3 is 18.9 Å². The highest BCUT2D eigenvalue weighted by atomic mass is 16.7. The van der Waals surface area contributed by atoms with Crippen LogP contribution in [0.3, 0.4) is 0 Å². The van der Waals surface area contributed by atoms with E-state index in [1.165, 1.54) is 4.90 Å². The molecule has 0 radical (unpaired) electrons. The second-order valence-corrected chi connectivity index (χ2v) is 8.30. The molecule has 1 unspecified atom stereocenters. The number of likely N-dealkylation sites (N-methyl/N-ethyl adjacent to an activating group) is 1. The molecule has 1 fully saturated rings. The number of ether oxygens (including phenoxy) is 1. The molecule has 1 aliphatic heterocycles. The first-order valence-corrected chi connectivity index (χ1v) is 9.49. The third-order valence-electron chi connectivity index (χ3n) is 5.43. The molecule has 6 heteroatoms. The number of nitrogens with zero attached hydrogens (tertiary/aromatic N) is 1. The molecule has 0 spiro atoms. The minimum Gasteiger partial charge on any atom is -0.476 e. The topological polar surface area (TPSA) is 48.0 Å². The number of hydrogen-bond donors (Lipinski definition) is 0. The molecule has 5 nitrogen and oxygen atoms in total. The van der Waals surface area contributed by atoms with Crippen molar-refractivity contribution in [2.24, 2.45) is 0 Å². The van der Waals surface area contributed by atoms with Gasteiger partial charge in [-0.25, -0.2) is 0 Å². The molecule has 1 aliphatic rings. The number of hydrogen-bond acceptors (Lipinski definition) is 4. The van der Waals surface area contributed by atoms with E-state index in [0.717, 1.165) is 11.0 Å². The Kier molecular flexibility index (Phi) is 5.55. The standard InChI is InChI=1S/C22H28BNO4/c1-21(2)22(3,4)28-23(27-21)17-12-14-18(15-13-17)26-19(20(25)24(5)6)16-10-8-7-9-11-16/h7-15,19H,1-6H3. The quantitative estimate of drug-likeness (QED) is 0.747. The van der Waals surface area contributed by atoms with Crippen molar-refractivity contribution in [3.63, 3.8) is 0 Å². The molecule has 0 bridgehead atoms.